The van der Waals surface area contributed by atoms with Gasteiger partial charge in [0.25, 0.3) is 0 Å². The quantitative estimate of drug-likeness (QED) is 0.741. The standard InChI is InChI=1S/C25H28N2O/c1-4-28-21-15-13-20(14-16-21)26-17-7-9-19-10-8-18-27-23-12-6-5-11-22(23)25(2,3)24(19)27/h5-7,9,11-17H,4,8,10,18H2,1-3H3/p+1. The lowest BCUT2D eigenvalue weighted by molar-refractivity contribution is -0.792. The van der Waals surface area contributed by atoms with Crippen molar-refractivity contribution < 1.29 is 9.64 Å². The first-order valence-electron chi connectivity index (χ1n) is 10.2. The van der Waals surface area contributed by atoms with Crippen molar-refractivity contribution >= 4 is 17.6 Å². The van der Waals surface area contributed by atoms with Gasteiger partial charge in [-0.1, -0.05) is 24.3 Å². The second-order valence-corrected chi connectivity index (χ2v) is 7.97. The zero-order chi connectivity index (χ0) is 19.6. The molecule has 2 aliphatic rings. The molecule has 144 valence electrons. The molecule has 0 saturated carbocycles. The molecule has 2 aromatic carbocycles. The predicted octanol–water partition coefficient (Wildman–Crippen LogP) is 4.90. The Morgan fingerprint density at radius 2 is 1.89 bits per heavy atom. The summed E-state index contributed by atoms with van der Waals surface area (Å²) >= 11 is 0. The zero-order valence-corrected chi connectivity index (χ0v) is 17.0. The Morgan fingerprint density at radius 1 is 1.11 bits per heavy atom. The van der Waals surface area contributed by atoms with Crippen molar-refractivity contribution in [2.45, 2.75) is 39.0 Å². The van der Waals surface area contributed by atoms with Crippen LogP contribution >= 0.6 is 0 Å². The summed E-state index contributed by atoms with van der Waals surface area (Å²) in [7, 11) is 0. The zero-order valence-electron chi connectivity index (χ0n) is 17.0. The highest BCUT2D eigenvalue weighted by Crippen LogP contribution is 2.41. The number of allylic oxidation sites excluding steroid dienone is 4. The molecule has 1 N–H and O–H groups in total. The van der Waals surface area contributed by atoms with Crippen LogP contribution in [0.2, 0.25) is 0 Å². The van der Waals surface area contributed by atoms with Gasteiger partial charge < -0.3 is 4.74 Å². The number of fused-ring (bicyclic) bond motifs is 3. The van der Waals surface area contributed by atoms with Crippen LogP contribution in [0, 0.1) is 0 Å². The van der Waals surface area contributed by atoms with E-state index in [-0.39, 0.29) is 5.41 Å². The van der Waals surface area contributed by atoms with Gasteiger partial charge in [-0.05, 0) is 63.6 Å². The monoisotopic (exact) mass is 373 g/mol. The Morgan fingerprint density at radius 3 is 2.68 bits per heavy atom. The van der Waals surface area contributed by atoms with Crippen molar-refractivity contribution in [2.75, 3.05) is 13.2 Å². The van der Waals surface area contributed by atoms with E-state index in [0.29, 0.717) is 6.61 Å². The highest BCUT2D eigenvalue weighted by molar-refractivity contribution is 5.75. The Labute approximate surface area is 168 Å². The molecule has 2 aliphatic heterocycles. The number of hydrogen-bond donors (Lipinski definition) is 1. The molecular weight excluding hydrogens is 344 g/mol. The maximum absolute atomic E-state index is 5.48. The molecule has 2 aromatic rings. The normalized spacial score (nSPS) is 20.6. The minimum Gasteiger partial charge on any atom is -0.494 e. The highest BCUT2D eigenvalue weighted by atomic mass is 16.5. The molecule has 3 nitrogen and oxygen atoms in total. The van der Waals surface area contributed by atoms with Gasteiger partial charge in [0.15, 0.2) is 0 Å². The molecule has 0 amide bonds. The molecule has 28 heavy (non-hydrogen) atoms. The van der Waals surface area contributed by atoms with Gasteiger partial charge in [0.05, 0.1) is 24.3 Å². The van der Waals surface area contributed by atoms with E-state index < -0.39 is 0 Å². The summed E-state index contributed by atoms with van der Waals surface area (Å²) in [5, 5.41) is 0. The highest BCUT2D eigenvalue weighted by Gasteiger charge is 2.47. The van der Waals surface area contributed by atoms with E-state index in [0.717, 1.165) is 17.9 Å². The largest absolute Gasteiger partial charge is 0.494 e. The number of nitrogens with zero attached hydrogens (tertiary/aromatic N) is 1. The molecule has 0 spiro atoms. The van der Waals surface area contributed by atoms with Crippen LogP contribution in [0.5, 0.6) is 5.75 Å². The average molecular weight is 374 g/mol. The summed E-state index contributed by atoms with van der Waals surface area (Å²) in [6, 6.07) is 16.8. The molecule has 0 saturated heterocycles. The second kappa shape index (κ2) is 7.76. The fraction of sp³-hybridized carbons (Fsp3) is 0.320. The van der Waals surface area contributed by atoms with Gasteiger partial charge in [-0.3, -0.25) is 9.89 Å². The molecule has 2 heterocycles. The molecule has 3 heteroatoms. The topological polar surface area (TPSA) is 26.0 Å². The lowest BCUT2D eigenvalue weighted by Gasteiger charge is -2.27. The number of aliphatic imine (C=N–C) groups is 1. The van der Waals surface area contributed by atoms with Crippen molar-refractivity contribution in [3.63, 3.8) is 0 Å². The van der Waals surface area contributed by atoms with Crippen molar-refractivity contribution in [1.82, 2.24) is 0 Å². The Balaban J connectivity index is 1.56. The van der Waals surface area contributed by atoms with Crippen LogP contribution in [0.4, 0.5) is 11.4 Å². The van der Waals surface area contributed by atoms with Crippen LogP contribution in [0.25, 0.3) is 0 Å². The van der Waals surface area contributed by atoms with Crippen molar-refractivity contribution in [3.05, 3.63) is 77.5 Å². The van der Waals surface area contributed by atoms with Crippen LogP contribution in [-0.2, 0) is 5.41 Å². The Hall–Kier alpha value is -2.65. The third-order valence-corrected chi connectivity index (χ3v) is 5.80. The molecular formula is C25H29N2O+. The first-order chi connectivity index (χ1) is 13.6. The molecule has 0 radical (unpaired) electrons. The van der Waals surface area contributed by atoms with Crippen LogP contribution in [0.1, 0.15) is 39.2 Å². The first kappa shape index (κ1) is 18.7. The lowest BCUT2D eigenvalue weighted by atomic mass is 9.80. The van der Waals surface area contributed by atoms with Crippen LogP contribution in [0.3, 0.4) is 0 Å². The van der Waals surface area contributed by atoms with E-state index in [1.54, 1.807) is 4.90 Å². The van der Waals surface area contributed by atoms with Gasteiger partial charge in [-0.25, -0.2) is 0 Å². The minimum absolute atomic E-state index is 0.0816. The smallest absolute Gasteiger partial charge is 0.140 e. The molecule has 0 aliphatic carbocycles. The molecule has 0 aromatic heterocycles. The number of nitrogens with one attached hydrogen (secondary N) is 1. The third kappa shape index (κ3) is 3.43. The lowest BCUT2D eigenvalue weighted by Crippen LogP contribution is -3.05. The van der Waals surface area contributed by atoms with Crippen molar-refractivity contribution in [3.8, 4) is 5.75 Å². The van der Waals surface area contributed by atoms with Crippen molar-refractivity contribution in [2.24, 2.45) is 4.99 Å². The third-order valence-electron chi connectivity index (χ3n) is 5.80. The van der Waals surface area contributed by atoms with Gasteiger partial charge in [0.1, 0.15) is 17.1 Å². The SMILES string of the molecule is CCOc1ccc(N=CC=CC2=C3[NH+](CCC2)c2ccccc2C3(C)C)cc1. The second-order valence-electron chi connectivity index (χ2n) is 7.97. The number of rotatable bonds is 5. The predicted molar refractivity (Wildman–Crippen MR) is 116 cm³/mol. The fourth-order valence-corrected chi connectivity index (χ4v) is 4.62. The van der Waals surface area contributed by atoms with E-state index >= 15 is 0 Å². The van der Waals surface area contributed by atoms with Gasteiger partial charge in [0, 0.05) is 23.8 Å². The summed E-state index contributed by atoms with van der Waals surface area (Å²) < 4.78 is 5.48. The number of hydrogen-bond acceptors (Lipinski definition) is 2. The molecule has 0 bridgehead atoms. The van der Waals surface area contributed by atoms with Crippen LogP contribution in [-0.4, -0.2) is 19.4 Å². The maximum atomic E-state index is 5.48. The van der Waals surface area contributed by atoms with E-state index in [9.17, 15) is 0 Å². The first-order valence-corrected chi connectivity index (χ1v) is 10.2. The molecule has 1 unspecified atom stereocenters. The summed E-state index contributed by atoms with van der Waals surface area (Å²) in [4.78, 5) is 6.11. The summed E-state index contributed by atoms with van der Waals surface area (Å²) in [6.07, 6.45) is 8.61. The van der Waals surface area contributed by atoms with Gasteiger partial charge in [-0.2, -0.15) is 0 Å². The maximum Gasteiger partial charge on any atom is 0.140 e. The Bertz CT molecular complexity index is 935. The van der Waals surface area contributed by atoms with Crippen LogP contribution in [0.15, 0.2) is 76.9 Å². The van der Waals surface area contributed by atoms with Gasteiger partial charge >= 0.3 is 0 Å². The molecule has 0 fully saturated rings. The summed E-state index contributed by atoms with van der Waals surface area (Å²) in [6.45, 7) is 8.59. The summed E-state index contributed by atoms with van der Waals surface area (Å²) in [5.74, 6) is 0.886. The molecule has 4 rings (SSSR count). The number of ether oxygens (including phenoxy) is 1. The minimum atomic E-state index is 0.0816. The van der Waals surface area contributed by atoms with E-state index in [1.165, 1.54) is 35.5 Å². The van der Waals surface area contributed by atoms with E-state index in [1.807, 2.05) is 37.4 Å². The fourth-order valence-electron chi connectivity index (χ4n) is 4.62. The number of para-hydroxylation sites is 1. The van der Waals surface area contributed by atoms with Gasteiger partial charge in [0.2, 0.25) is 0 Å². The average Bonchev–Trinajstić information content (AvgIpc) is 2.95. The van der Waals surface area contributed by atoms with Crippen molar-refractivity contribution in [1.29, 1.82) is 0 Å². The number of benzene rings is 2. The molecule has 1 atom stereocenters. The summed E-state index contributed by atoms with van der Waals surface area (Å²) in [5.41, 5.74) is 6.94. The van der Waals surface area contributed by atoms with E-state index in [2.05, 4.69) is 55.3 Å². The number of quaternary nitrogens is 1. The van der Waals surface area contributed by atoms with Gasteiger partial charge in [-0.15, -0.1) is 0 Å². The Kier molecular flexibility index (Phi) is 5.19. The van der Waals surface area contributed by atoms with Crippen LogP contribution < -0.4 is 9.64 Å². The van der Waals surface area contributed by atoms with E-state index in [4.69, 9.17) is 4.74 Å².